The van der Waals surface area contributed by atoms with Crippen LogP contribution in [-0.4, -0.2) is 14.6 Å². The molecule has 0 fully saturated rings. The molecule has 4 rings (SSSR count). The zero-order valence-corrected chi connectivity index (χ0v) is 12.3. The fourth-order valence-electron chi connectivity index (χ4n) is 2.93. The molecule has 0 amide bonds. The number of benzene rings is 2. The summed E-state index contributed by atoms with van der Waals surface area (Å²) >= 11 is 0. The minimum absolute atomic E-state index is 0.518. The molecule has 4 nitrogen and oxygen atoms in total. The number of rotatable bonds is 2. The Hall–Kier alpha value is -2.72. The van der Waals surface area contributed by atoms with E-state index in [-0.39, 0.29) is 0 Å². The van der Waals surface area contributed by atoms with Gasteiger partial charge in [-0.05, 0) is 36.2 Å². The number of para-hydroxylation sites is 1. The van der Waals surface area contributed by atoms with E-state index in [9.17, 15) is 0 Å². The van der Waals surface area contributed by atoms with Gasteiger partial charge in [0.2, 0.25) is 0 Å². The molecule has 0 spiro atoms. The molecule has 108 valence electrons. The molecule has 22 heavy (non-hydrogen) atoms. The highest BCUT2D eigenvalue weighted by molar-refractivity contribution is 5.87. The van der Waals surface area contributed by atoms with Crippen LogP contribution in [0.3, 0.4) is 0 Å². The quantitative estimate of drug-likeness (QED) is 0.615. The summed E-state index contributed by atoms with van der Waals surface area (Å²) in [5.41, 5.74) is 11.1. The van der Waals surface area contributed by atoms with Gasteiger partial charge in [0.05, 0.1) is 5.52 Å². The monoisotopic (exact) mass is 288 g/mol. The standard InChI is InChI=1S/C18H16N4/c1-12-9-17-20-21-18(14-6-4-5-13(10-14)11-19)22(17)16-8-3-2-7-15(12)16/h2-10H,11,19H2,1H3. The van der Waals surface area contributed by atoms with Crippen molar-refractivity contribution in [2.45, 2.75) is 13.5 Å². The summed E-state index contributed by atoms with van der Waals surface area (Å²) < 4.78 is 2.11. The Morgan fingerprint density at radius 1 is 1.00 bits per heavy atom. The molecule has 4 aromatic rings. The van der Waals surface area contributed by atoms with E-state index in [0.29, 0.717) is 6.54 Å². The van der Waals surface area contributed by atoms with Crippen molar-refractivity contribution in [1.29, 1.82) is 0 Å². The Morgan fingerprint density at radius 3 is 2.73 bits per heavy atom. The Kier molecular flexibility index (Phi) is 2.91. The molecular formula is C18H16N4. The van der Waals surface area contributed by atoms with Crippen molar-refractivity contribution in [1.82, 2.24) is 14.6 Å². The molecule has 0 unspecified atom stereocenters. The normalized spacial score (nSPS) is 11.4. The zero-order chi connectivity index (χ0) is 15.1. The Labute approximate surface area is 128 Å². The summed E-state index contributed by atoms with van der Waals surface area (Å²) in [7, 11) is 0. The molecule has 0 saturated carbocycles. The lowest BCUT2D eigenvalue weighted by Crippen LogP contribution is -1.97. The third-order valence-electron chi connectivity index (χ3n) is 4.02. The van der Waals surface area contributed by atoms with Crippen LogP contribution in [-0.2, 0) is 6.54 Å². The Balaban J connectivity index is 2.09. The lowest BCUT2D eigenvalue weighted by atomic mass is 10.1. The number of aromatic nitrogens is 3. The predicted octanol–water partition coefficient (Wildman–Crippen LogP) is 3.32. The van der Waals surface area contributed by atoms with E-state index in [0.717, 1.165) is 28.1 Å². The van der Waals surface area contributed by atoms with Crippen molar-refractivity contribution in [2.75, 3.05) is 0 Å². The average molecular weight is 288 g/mol. The van der Waals surface area contributed by atoms with Crippen molar-refractivity contribution in [3.05, 3.63) is 65.7 Å². The second-order valence-electron chi connectivity index (χ2n) is 5.47. The molecule has 0 aliphatic rings. The van der Waals surface area contributed by atoms with Gasteiger partial charge in [-0.25, -0.2) is 0 Å². The molecule has 2 heterocycles. The van der Waals surface area contributed by atoms with E-state index < -0.39 is 0 Å². The first kappa shape index (κ1) is 13.0. The predicted molar refractivity (Wildman–Crippen MR) is 88.6 cm³/mol. The van der Waals surface area contributed by atoms with Crippen LogP contribution in [0.4, 0.5) is 0 Å². The van der Waals surface area contributed by atoms with E-state index in [1.54, 1.807) is 0 Å². The minimum Gasteiger partial charge on any atom is -0.326 e. The number of hydrogen-bond donors (Lipinski definition) is 1. The molecule has 2 aromatic carbocycles. The van der Waals surface area contributed by atoms with Crippen LogP contribution in [0.25, 0.3) is 27.9 Å². The zero-order valence-electron chi connectivity index (χ0n) is 12.3. The molecule has 0 aliphatic carbocycles. The highest BCUT2D eigenvalue weighted by atomic mass is 15.2. The summed E-state index contributed by atoms with van der Waals surface area (Å²) in [6.07, 6.45) is 0. The smallest absolute Gasteiger partial charge is 0.168 e. The van der Waals surface area contributed by atoms with Gasteiger partial charge in [0.25, 0.3) is 0 Å². The van der Waals surface area contributed by atoms with Crippen LogP contribution in [0, 0.1) is 6.92 Å². The van der Waals surface area contributed by atoms with Crippen molar-refractivity contribution < 1.29 is 0 Å². The van der Waals surface area contributed by atoms with E-state index in [2.05, 4.69) is 51.9 Å². The topological polar surface area (TPSA) is 56.2 Å². The van der Waals surface area contributed by atoms with Gasteiger partial charge < -0.3 is 5.73 Å². The van der Waals surface area contributed by atoms with Gasteiger partial charge in [-0.2, -0.15) is 0 Å². The van der Waals surface area contributed by atoms with Gasteiger partial charge in [-0.15, -0.1) is 10.2 Å². The van der Waals surface area contributed by atoms with Crippen molar-refractivity contribution in [2.24, 2.45) is 5.73 Å². The summed E-state index contributed by atoms with van der Waals surface area (Å²) in [6.45, 7) is 2.62. The Morgan fingerprint density at radius 2 is 1.86 bits per heavy atom. The van der Waals surface area contributed by atoms with Crippen LogP contribution in [0.5, 0.6) is 0 Å². The Bertz CT molecular complexity index is 985. The molecule has 0 aliphatic heterocycles. The molecule has 0 radical (unpaired) electrons. The molecule has 0 bridgehead atoms. The van der Waals surface area contributed by atoms with Gasteiger partial charge in [0, 0.05) is 17.5 Å². The van der Waals surface area contributed by atoms with Crippen molar-refractivity contribution in [3.8, 4) is 11.4 Å². The van der Waals surface area contributed by atoms with Crippen LogP contribution in [0.2, 0.25) is 0 Å². The maximum absolute atomic E-state index is 5.75. The van der Waals surface area contributed by atoms with Gasteiger partial charge >= 0.3 is 0 Å². The van der Waals surface area contributed by atoms with E-state index in [1.165, 1.54) is 10.9 Å². The largest absolute Gasteiger partial charge is 0.326 e. The summed E-state index contributed by atoms with van der Waals surface area (Å²) in [5.74, 6) is 0.849. The first-order chi connectivity index (χ1) is 10.8. The van der Waals surface area contributed by atoms with Crippen LogP contribution in [0.15, 0.2) is 54.6 Å². The maximum atomic E-state index is 5.75. The number of pyridine rings is 1. The number of fused-ring (bicyclic) bond motifs is 3. The highest BCUT2D eigenvalue weighted by Crippen LogP contribution is 2.26. The second-order valence-corrected chi connectivity index (χ2v) is 5.47. The minimum atomic E-state index is 0.518. The highest BCUT2D eigenvalue weighted by Gasteiger charge is 2.12. The molecule has 2 aromatic heterocycles. The first-order valence-electron chi connectivity index (χ1n) is 7.31. The van der Waals surface area contributed by atoms with Crippen LogP contribution < -0.4 is 5.73 Å². The maximum Gasteiger partial charge on any atom is 0.168 e. The molecular weight excluding hydrogens is 272 g/mol. The summed E-state index contributed by atoms with van der Waals surface area (Å²) in [4.78, 5) is 0. The van der Waals surface area contributed by atoms with Gasteiger partial charge in [-0.3, -0.25) is 4.40 Å². The third kappa shape index (κ3) is 1.89. The van der Waals surface area contributed by atoms with Crippen LogP contribution in [0.1, 0.15) is 11.1 Å². The lowest BCUT2D eigenvalue weighted by Gasteiger charge is -2.08. The van der Waals surface area contributed by atoms with Gasteiger partial charge in [-0.1, -0.05) is 36.4 Å². The molecule has 0 saturated heterocycles. The van der Waals surface area contributed by atoms with Crippen molar-refractivity contribution in [3.63, 3.8) is 0 Å². The second kappa shape index (κ2) is 4.93. The SMILES string of the molecule is Cc1cc2nnc(-c3cccc(CN)c3)n2c2ccccc12. The fourth-order valence-corrected chi connectivity index (χ4v) is 2.93. The first-order valence-corrected chi connectivity index (χ1v) is 7.31. The van der Waals surface area contributed by atoms with Crippen LogP contribution >= 0.6 is 0 Å². The number of nitrogens with zero attached hydrogens (tertiary/aromatic N) is 3. The molecule has 0 atom stereocenters. The van der Waals surface area contributed by atoms with E-state index >= 15 is 0 Å². The number of hydrogen-bond acceptors (Lipinski definition) is 3. The van der Waals surface area contributed by atoms with Gasteiger partial charge in [0.1, 0.15) is 0 Å². The molecule has 2 N–H and O–H groups in total. The summed E-state index contributed by atoms with van der Waals surface area (Å²) in [5, 5.41) is 9.96. The third-order valence-corrected chi connectivity index (χ3v) is 4.02. The van der Waals surface area contributed by atoms with Crippen molar-refractivity contribution >= 4 is 16.6 Å². The lowest BCUT2D eigenvalue weighted by molar-refractivity contribution is 1.07. The van der Waals surface area contributed by atoms with E-state index in [1.807, 2.05) is 24.3 Å². The number of nitrogens with two attached hydrogens (primary N) is 1. The molecule has 4 heteroatoms. The van der Waals surface area contributed by atoms with E-state index in [4.69, 9.17) is 5.73 Å². The number of aryl methyl sites for hydroxylation is 1. The van der Waals surface area contributed by atoms with Gasteiger partial charge in [0.15, 0.2) is 11.5 Å². The summed E-state index contributed by atoms with van der Waals surface area (Å²) in [6, 6.07) is 18.6. The average Bonchev–Trinajstić information content (AvgIpc) is 2.99. The fraction of sp³-hybridized carbons (Fsp3) is 0.111.